The first-order chi connectivity index (χ1) is 8.50. The zero-order chi connectivity index (χ0) is 13.2. The molecule has 0 bridgehead atoms. The van der Waals surface area contributed by atoms with Crippen molar-refractivity contribution in [2.75, 3.05) is 11.9 Å². The number of benzene rings is 1. The van der Waals surface area contributed by atoms with E-state index in [0.29, 0.717) is 5.69 Å². The molecule has 1 aliphatic rings. The topological polar surface area (TPSA) is 55.2 Å². The molecule has 98 valence electrons. The molecule has 1 saturated carbocycles. The molecular weight excluding hydrogens is 343 g/mol. The lowest BCUT2D eigenvalue weighted by molar-refractivity contribution is -0.384. The molecule has 0 spiro atoms. The second-order valence-electron chi connectivity index (χ2n) is 5.29. The van der Waals surface area contributed by atoms with Crippen LogP contribution in [0.3, 0.4) is 0 Å². The Morgan fingerprint density at radius 1 is 1.44 bits per heavy atom. The molecule has 0 aliphatic heterocycles. The van der Waals surface area contributed by atoms with Gasteiger partial charge in [0.2, 0.25) is 0 Å². The Balaban J connectivity index is 2.11. The van der Waals surface area contributed by atoms with Crippen molar-refractivity contribution in [1.29, 1.82) is 0 Å². The van der Waals surface area contributed by atoms with Crippen molar-refractivity contribution < 1.29 is 4.92 Å². The third kappa shape index (κ3) is 3.13. The van der Waals surface area contributed by atoms with Crippen LogP contribution in [0.2, 0.25) is 0 Å². The Hall–Kier alpha value is -0.850. The first kappa shape index (κ1) is 13.6. The molecule has 1 aliphatic carbocycles. The van der Waals surface area contributed by atoms with Gasteiger partial charge in [-0.15, -0.1) is 0 Å². The van der Waals surface area contributed by atoms with Crippen LogP contribution in [0, 0.1) is 19.1 Å². The van der Waals surface area contributed by atoms with E-state index in [1.807, 2.05) is 6.07 Å². The van der Waals surface area contributed by atoms with Crippen LogP contribution >= 0.6 is 22.6 Å². The summed E-state index contributed by atoms with van der Waals surface area (Å²) in [6, 6.07) is 5.31. The molecule has 4 nitrogen and oxygen atoms in total. The van der Waals surface area contributed by atoms with Crippen molar-refractivity contribution in [2.24, 2.45) is 5.41 Å². The third-order valence-corrected chi connectivity index (χ3v) is 4.34. The molecule has 0 amide bonds. The molecular formula is C13H17IN2O2. The van der Waals surface area contributed by atoms with Gasteiger partial charge in [-0.2, -0.15) is 0 Å². The van der Waals surface area contributed by atoms with E-state index >= 15 is 0 Å². The summed E-state index contributed by atoms with van der Waals surface area (Å²) in [7, 11) is 0. The van der Waals surface area contributed by atoms with E-state index in [9.17, 15) is 10.1 Å². The fourth-order valence-corrected chi connectivity index (χ4v) is 2.99. The highest BCUT2D eigenvalue weighted by Gasteiger charge is 2.29. The minimum absolute atomic E-state index is 0.170. The number of nitrogens with one attached hydrogen (secondary N) is 1. The van der Waals surface area contributed by atoms with Crippen LogP contribution in [-0.4, -0.2) is 11.5 Å². The predicted molar refractivity (Wildman–Crippen MR) is 80.9 cm³/mol. The van der Waals surface area contributed by atoms with Crippen molar-refractivity contribution in [2.45, 2.75) is 32.6 Å². The lowest BCUT2D eigenvalue weighted by Crippen LogP contribution is -2.23. The van der Waals surface area contributed by atoms with Gasteiger partial charge in [0.25, 0.3) is 5.69 Å². The molecule has 0 saturated heterocycles. The van der Waals surface area contributed by atoms with E-state index in [-0.39, 0.29) is 16.0 Å². The van der Waals surface area contributed by atoms with Gasteiger partial charge in [-0.05, 0) is 53.0 Å². The first-order valence-electron chi connectivity index (χ1n) is 6.18. The number of nitro groups is 1. The van der Waals surface area contributed by atoms with Crippen LogP contribution in [0.1, 0.15) is 32.6 Å². The van der Waals surface area contributed by atoms with Gasteiger partial charge >= 0.3 is 0 Å². The maximum Gasteiger partial charge on any atom is 0.293 e. The number of nitro benzene ring substituents is 1. The van der Waals surface area contributed by atoms with Crippen LogP contribution in [-0.2, 0) is 0 Å². The van der Waals surface area contributed by atoms with Gasteiger partial charge in [0.15, 0.2) is 0 Å². The lowest BCUT2D eigenvalue weighted by Gasteiger charge is -2.24. The third-order valence-electron chi connectivity index (χ3n) is 3.67. The molecule has 0 radical (unpaired) electrons. The van der Waals surface area contributed by atoms with E-state index < -0.39 is 0 Å². The van der Waals surface area contributed by atoms with Crippen LogP contribution in [0.4, 0.5) is 11.4 Å². The molecule has 18 heavy (non-hydrogen) atoms. The largest absolute Gasteiger partial charge is 0.379 e. The number of rotatable bonds is 4. The summed E-state index contributed by atoms with van der Waals surface area (Å²) in [4.78, 5) is 10.7. The summed E-state index contributed by atoms with van der Waals surface area (Å²) in [6.07, 6.45) is 4.95. The highest BCUT2D eigenvalue weighted by atomic mass is 127. The summed E-state index contributed by atoms with van der Waals surface area (Å²) in [5.74, 6) is 0. The van der Waals surface area contributed by atoms with Gasteiger partial charge in [0.05, 0.1) is 4.92 Å². The Morgan fingerprint density at radius 2 is 2.11 bits per heavy atom. The zero-order valence-electron chi connectivity index (χ0n) is 10.4. The van der Waals surface area contributed by atoms with Crippen molar-refractivity contribution in [3.05, 3.63) is 31.9 Å². The molecule has 0 unspecified atom stereocenters. The Bertz CT molecular complexity index is 456. The van der Waals surface area contributed by atoms with E-state index in [4.69, 9.17) is 0 Å². The minimum atomic E-state index is -0.318. The van der Waals surface area contributed by atoms with Crippen LogP contribution < -0.4 is 5.32 Å². The van der Waals surface area contributed by atoms with E-state index in [1.54, 1.807) is 12.1 Å². The highest BCUT2D eigenvalue weighted by Crippen LogP contribution is 2.38. The molecule has 1 fully saturated rings. The van der Waals surface area contributed by atoms with E-state index in [1.165, 1.54) is 25.7 Å². The zero-order valence-corrected chi connectivity index (χ0v) is 12.6. The molecule has 1 aromatic carbocycles. The standard InChI is InChI=1S/C13H17IN2O2/c1-13(6-2-3-7-13)9-15-11-5-4-10(14)8-12(11)16(17)18/h4-5,8,15H,2-3,6-7,9H2,1H3. The maximum atomic E-state index is 11.0. The predicted octanol–water partition coefficient (Wildman–Crippen LogP) is 4.19. The number of hydrogen-bond donors (Lipinski definition) is 1. The second-order valence-corrected chi connectivity index (χ2v) is 6.54. The summed E-state index contributed by atoms with van der Waals surface area (Å²) >= 11 is 2.09. The molecule has 2 rings (SSSR count). The average molecular weight is 360 g/mol. The SMILES string of the molecule is CC1(CNc2ccc(I)cc2[N+](=O)[O-])CCCC1. The number of halogens is 1. The van der Waals surface area contributed by atoms with Gasteiger partial charge in [0.1, 0.15) is 5.69 Å². The van der Waals surface area contributed by atoms with Gasteiger partial charge in [-0.1, -0.05) is 19.8 Å². The quantitative estimate of drug-likeness (QED) is 0.498. The Labute approximate surface area is 120 Å². The highest BCUT2D eigenvalue weighted by molar-refractivity contribution is 14.1. The average Bonchev–Trinajstić information content (AvgIpc) is 2.75. The number of anilines is 1. The monoisotopic (exact) mass is 360 g/mol. The number of hydrogen-bond acceptors (Lipinski definition) is 3. The Morgan fingerprint density at radius 3 is 2.72 bits per heavy atom. The summed E-state index contributed by atoms with van der Waals surface area (Å²) in [5.41, 5.74) is 1.09. The van der Waals surface area contributed by atoms with Gasteiger partial charge in [-0.25, -0.2) is 0 Å². The second kappa shape index (κ2) is 5.42. The van der Waals surface area contributed by atoms with Crippen LogP contribution in [0.15, 0.2) is 18.2 Å². The number of nitrogens with zero attached hydrogens (tertiary/aromatic N) is 1. The van der Waals surface area contributed by atoms with Crippen molar-refractivity contribution >= 4 is 34.0 Å². The van der Waals surface area contributed by atoms with Gasteiger partial charge in [-0.3, -0.25) is 10.1 Å². The summed E-state index contributed by atoms with van der Waals surface area (Å²) in [5, 5.41) is 14.3. The first-order valence-corrected chi connectivity index (χ1v) is 7.26. The fourth-order valence-electron chi connectivity index (χ4n) is 2.52. The van der Waals surface area contributed by atoms with Gasteiger partial charge < -0.3 is 5.32 Å². The van der Waals surface area contributed by atoms with E-state index in [2.05, 4.69) is 34.8 Å². The van der Waals surface area contributed by atoms with Crippen molar-refractivity contribution in [3.8, 4) is 0 Å². The fraction of sp³-hybridized carbons (Fsp3) is 0.538. The normalized spacial score (nSPS) is 17.7. The summed E-state index contributed by atoms with van der Waals surface area (Å²) < 4.78 is 0.886. The molecule has 1 N–H and O–H groups in total. The smallest absolute Gasteiger partial charge is 0.293 e. The maximum absolute atomic E-state index is 11.0. The molecule has 0 atom stereocenters. The van der Waals surface area contributed by atoms with E-state index in [0.717, 1.165) is 10.1 Å². The molecule has 1 aromatic rings. The van der Waals surface area contributed by atoms with Gasteiger partial charge in [0, 0.05) is 16.2 Å². The minimum Gasteiger partial charge on any atom is -0.379 e. The van der Waals surface area contributed by atoms with Crippen molar-refractivity contribution in [3.63, 3.8) is 0 Å². The van der Waals surface area contributed by atoms with Crippen LogP contribution in [0.5, 0.6) is 0 Å². The Kier molecular flexibility index (Phi) is 4.09. The summed E-state index contributed by atoms with van der Waals surface area (Å²) in [6.45, 7) is 3.07. The molecule has 0 aromatic heterocycles. The van der Waals surface area contributed by atoms with Crippen LogP contribution in [0.25, 0.3) is 0 Å². The molecule has 0 heterocycles. The van der Waals surface area contributed by atoms with Crippen molar-refractivity contribution in [1.82, 2.24) is 0 Å². The molecule has 5 heteroatoms. The lowest BCUT2D eigenvalue weighted by atomic mass is 9.89.